The molecule has 0 heterocycles. The second-order valence-electron chi connectivity index (χ2n) is 11.5. The summed E-state index contributed by atoms with van der Waals surface area (Å²) in [6.45, 7) is 0. The molecule has 6 rings (SSSR count). The van der Waals surface area contributed by atoms with Crippen molar-refractivity contribution in [3.05, 3.63) is 204 Å². The van der Waals surface area contributed by atoms with E-state index >= 15 is 0 Å². The lowest BCUT2D eigenvalue weighted by Gasteiger charge is -2.61. The van der Waals surface area contributed by atoms with Crippen molar-refractivity contribution in [2.75, 3.05) is 0 Å². The summed E-state index contributed by atoms with van der Waals surface area (Å²) in [5.74, 6) is 0.103. The van der Waals surface area contributed by atoms with Crippen LogP contribution in [0.1, 0.15) is 33.7 Å². The minimum Gasteiger partial charge on any atom is -0.125 e. The van der Waals surface area contributed by atoms with E-state index in [2.05, 4.69) is 194 Å². The Hall–Kier alpha value is -3.56. The van der Waals surface area contributed by atoms with Crippen LogP contribution in [0.25, 0.3) is 0 Å². The Morgan fingerprint density at radius 3 is 1.29 bits per heavy atom. The molecular formula is C40H38P2. The van der Waals surface area contributed by atoms with E-state index in [1.165, 1.54) is 27.8 Å². The Morgan fingerprint density at radius 1 is 0.476 bits per heavy atom. The lowest BCUT2D eigenvalue weighted by atomic mass is 9.50. The summed E-state index contributed by atoms with van der Waals surface area (Å²) in [6.07, 6.45) is 11.2. The molecule has 5 aromatic rings. The van der Waals surface area contributed by atoms with Crippen LogP contribution in [0.2, 0.25) is 0 Å². The van der Waals surface area contributed by atoms with Crippen molar-refractivity contribution < 1.29 is 0 Å². The smallest absolute Gasteiger partial charge is 0.0257 e. The van der Waals surface area contributed by atoms with Crippen LogP contribution in [-0.2, 0) is 23.2 Å². The first-order chi connectivity index (χ1) is 20.6. The molecule has 1 aliphatic rings. The third-order valence-electron chi connectivity index (χ3n) is 9.13. The van der Waals surface area contributed by atoms with Gasteiger partial charge in [-0.3, -0.25) is 0 Å². The average molecular weight is 581 g/mol. The number of hydrogen-bond acceptors (Lipinski definition) is 0. The lowest BCUT2D eigenvalue weighted by molar-refractivity contribution is 0.154. The molecule has 42 heavy (non-hydrogen) atoms. The molecule has 0 N–H and O–H groups in total. The topological polar surface area (TPSA) is 0 Å². The van der Waals surface area contributed by atoms with E-state index in [9.17, 15) is 0 Å². The summed E-state index contributed by atoms with van der Waals surface area (Å²) in [5, 5.41) is -0.770. The van der Waals surface area contributed by atoms with Crippen LogP contribution < -0.4 is 0 Å². The van der Waals surface area contributed by atoms with E-state index in [0.29, 0.717) is 0 Å². The summed E-state index contributed by atoms with van der Waals surface area (Å²) in [4.78, 5) is 0. The second-order valence-corrected chi connectivity index (χ2v) is 13.5. The predicted octanol–water partition coefficient (Wildman–Crippen LogP) is 9.91. The summed E-state index contributed by atoms with van der Waals surface area (Å²) in [6, 6.07) is 55.4. The van der Waals surface area contributed by atoms with Crippen molar-refractivity contribution in [3.63, 3.8) is 0 Å². The zero-order valence-electron chi connectivity index (χ0n) is 23.9. The Labute approximate surface area is 256 Å². The third kappa shape index (κ3) is 5.13. The number of hydrogen-bond donors (Lipinski definition) is 0. The van der Waals surface area contributed by atoms with E-state index in [4.69, 9.17) is 0 Å². The average Bonchev–Trinajstić information content (AvgIpc) is 3.06. The summed E-state index contributed by atoms with van der Waals surface area (Å²) < 4.78 is 0. The van der Waals surface area contributed by atoms with Gasteiger partial charge in [0.05, 0.1) is 0 Å². The maximum Gasteiger partial charge on any atom is 0.0257 e. The lowest BCUT2D eigenvalue weighted by Crippen LogP contribution is -2.57. The van der Waals surface area contributed by atoms with Gasteiger partial charge in [-0.25, -0.2) is 0 Å². The summed E-state index contributed by atoms with van der Waals surface area (Å²) >= 11 is 0. The molecular weight excluding hydrogens is 542 g/mol. The SMILES string of the molecule is PC(Cc1ccccc1)(c1ccccc1)C1(C(P)(Cc2ccccc2)c2ccccc2)C=CC=CC1c1ccccc1. The first kappa shape index (κ1) is 28.6. The molecule has 0 nitrogen and oxygen atoms in total. The predicted molar refractivity (Wildman–Crippen MR) is 186 cm³/mol. The molecule has 5 unspecified atom stereocenters. The van der Waals surface area contributed by atoms with E-state index < -0.39 is 5.41 Å². The van der Waals surface area contributed by atoms with Gasteiger partial charge < -0.3 is 0 Å². The molecule has 0 saturated carbocycles. The highest BCUT2D eigenvalue weighted by Crippen LogP contribution is 2.69. The molecule has 0 saturated heterocycles. The largest absolute Gasteiger partial charge is 0.125 e. The minimum atomic E-state index is -0.417. The molecule has 0 bridgehead atoms. The van der Waals surface area contributed by atoms with Crippen LogP contribution in [0.5, 0.6) is 0 Å². The highest BCUT2D eigenvalue weighted by molar-refractivity contribution is 7.20. The number of allylic oxidation sites excluding steroid dienone is 4. The molecule has 0 aromatic heterocycles. The fourth-order valence-electron chi connectivity index (χ4n) is 7.20. The van der Waals surface area contributed by atoms with Crippen LogP contribution in [-0.4, -0.2) is 0 Å². The monoisotopic (exact) mass is 580 g/mol. The molecule has 0 fully saturated rings. The first-order valence-electron chi connectivity index (χ1n) is 14.7. The van der Waals surface area contributed by atoms with Gasteiger partial charge in [0.2, 0.25) is 0 Å². The Kier molecular flexibility index (Phi) is 8.40. The molecule has 0 aliphatic heterocycles. The van der Waals surface area contributed by atoms with Gasteiger partial charge in [0.15, 0.2) is 0 Å². The first-order valence-corrected chi connectivity index (χ1v) is 15.9. The standard InChI is InChI=1S/C40H38P2/c41-39(35-24-12-4-13-25-35,30-32-18-6-1-7-19-32)38(29-17-16-28-37(38)34-22-10-3-11-23-34)40(42,36-26-14-5-15-27-36)31-33-20-8-2-9-21-33/h1-29,37H,30-31,41-42H2. The van der Waals surface area contributed by atoms with E-state index in [-0.39, 0.29) is 16.2 Å². The van der Waals surface area contributed by atoms with Crippen molar-refractivity contribution in [2.24, 2.45) is 5.41 Å². The number of rotatable bonds is 9. The van der Waals surface area contributed by atoms with Crippen molar-refractivity contribution in [3.8, 4) is 0 Å². The van der Waals surface area contributed by atoms with Gasteiger partial charge in [0, 0.05) is 21.6 Å². The van der Waals surface area contributed by atoms with E-state index in [1.807, 2.05) is 0 Å². The Balaban J connectivity index is 1.72. The van der Waals surface area contributed by atoms with Gasteiger partial charge in [-0.05, 0) is 40.7 Å². The fourth-order valence-corrected chi connectivity index (χ4v) is 9.29. The molecule has 2 heteroatoms. The number of benzene rings is 5. The molecule has 5 atom stereocenters. The third-order valence-corrected chi connectivity index (χ3v) is 11.2. The molecule has 0 radical (unpaired) electrons. The van der Waals surface area contributed by atoms with Gasteiger partial charge in [-0.2, -0.15) is 0 Å². The second kappa shape index (κ2) is 12.4. The highest BCUT2D eigenvalue weighted by atomic mass is 31.0. The summed E-state index contributed by atoms with van der Waals surface area (Å²) in [7, 11) is 6.91. The van der Waals surface area contributed by atoms with E-state index in [0.717, 1.165) is 12.8 Å². The van der Waals surface area contributed by atoms with Gasteiger partial charge >= 0.3 is 0 Å². The van der Waals surface area contributed by atoms with E-state index in [1.54, 1.807) is 0 Å². The zero-order valence-corrected chi connectivity index (χ0v) is 26.2. The summed E-state index contributed by atoms with van der Waals surface area (Å²) in [5.41, 5.74) is 6.19. The van der Waals surface area contributed by atoms with Crippen LogP contribution in [0, 0.1) is 5.41 Å². The van der Waals surface area contributed by atoms with Crippen molar-refractivity contribution in [2.45, 2.75) is 29.1 Å². The van der Waals surface area contributed by atoms with Gasteiger partial charge in [0.25, 0.3) is 0 Å². The Bertz CT molecular complexity index is 1540. The van der Waals surface area contributed by atoms with Crippen molar-refractivity contribution in [1.82, 2.24) is 0 Å². The molecule has 208 valence electrons. The van der Waals surface area contributed by atoms with Gasteiger partial charge in [0.1, 0.15) is 0 Å². The van der Waals surface area contributed by atoms with Crippen LogP contribution >= 0.6 is 18.5 Å². The normalized spacial score (nSPS) is 20.9. The molecule has 0 amide bonds. The Morgan fingerprint density at radius 2 is 0.857 bits per heavy atom. The zero-order chi connectivity index (χ0) is 28.9. The van der Waals surface area contributed by atoms with Crippen molar-refractivity contribution in [1.29, 1.82) is 0 Å². The van der Waals surface area contributed by atoms with Crippen LogP contribution in [0.15, 0.2) is 176 Å². The molecule has 1 aliphatic carbocycles. The maximum absolute atomic E-state index is 3.46. The molecule has 0 spiro atoms. The van der Waals surface area contributed by atoms with Crippen LogP contribution in [0.3, 0.4) is 0 Å². The highest BCUT2D eigenvalue weighted by Gasteiger charge is 2.62. The van der Waals surface area contributed by atoms with Gasteiger partial charge in [-0.1, -0.05) is 176 Å². The van der Waals surface area contributed by atoms with Gasteiger partial charge in [-0.15, -0.1) is 18.5 Å². The quantitative estimate of drug-likeness (QED) is 0.152. The minimum absolute atomic E-state index is 0.103. The van der Waals surface area contributed by atoms with Crippen LogP contribution in [0.4, 0.5) is 0 Å². The fraction of sp³-hybridized carbons (Fsp3) is 0.150. The molecule has 5 aromatic carbocycles. The van der Waals surface area contributed by atoms with Crippen molar-refractivity contribution >= 4 is 18.5 Å². The maximum atomic E-state index is 3.46.